The van der Waals surface area contributed by atoms with E-state index in [1.165, 1.54) is 14.0 Å². The normalized spacial score (nSPS) is 13.8. The third-order valence-electron chi connectivity index (χ3n) is 4.53. The number of hydrogen-bond acceptors (Lipinski definition) is 5. The molecular weight excluding hydrogens is 360 g/mol. The third kappa shape index (κ3) is 4.31. The van der Waals surface area contributed by atoms with E-state index in [-0.39, 0.29) is 11.8 Å². The van der Waals surface area contributed by atoms with Gasteiger partial charge in [-0.2, -0.15) is 0 Å². The number of carbonyl (C=O) groups is 3. The molecule has 7 nitrogen and oxygen atoms in total. The zero-order valence-electron chi connectivity index (χ0n) is 15.9. The number of benzene rings is 2. The van der Waals surface area contributed by atoms with Crippen LogP contribution in [0.5, 0.6) is 11.5 Å². The van der Waals surface area contributed by atoms with Crippen molar-refractivity contribution in [1.29, 1.82) is 0 Å². The van der Waals surface area contributed by atoms with Crippen LogP contribution in [0.2, 0.25) is 0 Å². The quantitative estimate of drug-likeness (QED) is 0.599. The highest BCUT2D eigenvalue weighted by molar-refractivity contribution is 5.98. The Labute approximate surface area is 163 Å². The highest BCUT2D eigenvalue weighted by Gasteiger charge is 2.27. The molecule has 2 amide bonds. The molecule has 28 heavy (non-hydrogen) atoms. The minimum absolute atomic E-state index is 0.110. The molecule has 0 N–H and O–H groups in total. The van der Waals surface area contributed by atoms with E-state index in [4.69, 9.17) is 9.47 Å². The lowest BCUT2D eigenvalue weighted by Crippen LogP contribution is -2.50. The van der Waals surface area contributed by atoms with Crippen molar-refractivity contribution >= 4 is 17.8 Å². The molecule has 2 aromatic rings. The maximum absolute atomic E-state index is 12.8. The molecule has 1 aliphatic rings. The maximum Gasteiger partial charge on any atom is 0.308 e. The first-order valence-electron chi connectivity index (χ1n) is 8.99. The van der Waals surface area contributed by atoms with Crippen molar-refractivity contribution in [3.8, 4) is 11.5 Å². The summed E-state index contributed by atoms with van der Waals surface area (Å²) >= 11 is 0. The minimum Gasteiger partial charge on any atom is -0.496 e. The summed E-state index contributed by atoms with van der Waals surface area (Å²) in [6.45, 7) is 3.04. The Balaban J connectivity index is 1.64. The number of ether oxygens (including phenoxy) is 2. The number of piperazine rings is 1. The van der Waals surface area contributed by atoms with Gasteiger partial charge in [-0.15, -0.1) is 0 Å². The van der Waals surface area contributed by atoms with Gasteiger partial charge >= 0.3 is 5.97 Å². The molecule has 0 atom stereocenters. The first kappa shape index (κ1) is 19.4. The second-order valence-corrected chi connectivity index (χ2v) is 6.41. The Kier molecular flexibility index (Phi) is 5.93. The summed E-state index contributed by atoms with van der Waals surface area (Å²) in [5.74, 6) is 0.171. The van der Waals surface area contributed by atoms with Crippen LogP contribution in [0.25, 0.3) is 0 Å². The molecule has 0 spiro atoms. The van der Waals surface area contributed by atoms with Gasteiger partial charge in [0.15, 0.2) is 0 Å². The molecule has 0 bridgehead atoms. The van der Waals surface area contributed by atoms with Crippen LogP contribution in [0, 0.1) is 0 Å². The smallest absolute Gasteiger partial charge is 0.308 e. The lowest BCUT2D eigenvalue weighted by atomic mass is 10.1. The minimum atomic E-state index is -0.437. The standard InChI is InChI=1S/C21H22N2O5/c1-15(24)28-17-7-5-6-16(14-17)20(25)22-10-12-23(13-11-22)21(26)18-8-3-4-9-19(18)27-2/h3-9,14H,10-13H2,1-2H3. The van der Waals surface area contributed by atoms with E-state index in [1.54, 1.807) is 52.3 Å². The fraction of sp³-hybridized carbons (Fsp3) is 0.286. The number of nitrogens with zero attached hydrogens (tertiary/aromatic N) is 2. The molecule has 0 aromatic heterocycles. The molecule has 1 fully saturated rings. The van der Waals surface area contributed by atoms with E-state index in [2.05, 4.69) is 0 Å². The average Bonchev–Trinajstić information content (AvgIpc) is 2.72. The van der Waals surface area contributed by atoms with Crippen LogP contribution in [0.15, 0.2) is 48.5 Å². The Bertz CT molecular complexity index is 888. The number of esters is 1. The van der Waals surface area contributed by atoms with Crippen LogP contribution in [0.3, 0.4) is 0 Å². The van der Waals surface area contributed by atoms with Crippen molar-refractivity contribution < 1.29 is 23.9 Å². The number of para-hydroxylation sites is 1. The van der Waals surface area contributed by atoms with Crippen molar-refractivity contribution in [2.75, 3.05) is 33.3 Å². The summed E-state index contributed by atoms with van der Waals surface area (Å²) < 4.78 is 10.3. The molecule has 3 rings (SSSR count). The zero-order chi connectivity index (χ0) is 20.1. The van der Waals surface area contributed by atoms with Gasteiger partial charge in [-0.05, 0) is 30.3 Å². The van der Waals surface area contributed by atoms with E-state index >= 15 is 0 Å². The summed E-state index contributed by atoms with van der Waals surface area (Å²) in [7, 11) is 1.53. The lowest BCUT2D eigenvalue weighted by Gasteiger charge is -2.35. The van der Waals surface area contributed by atoms with Crippen LogP contribution in [-0.2, 0) is 4.79 Å². The van der Waals surface area contributed by atoms with Crippen molar-refractivity contribution in [3.63, 3.8) is 0 Å². The third-order valence-corrected chi connectivity index (χ3v) is 4.53. The summed E-state index contributed by atoms with van der Waals surface area (Å²) in [6, 6.07) is 13.6. The predicted octanol–water partition coefficient (Wildman–Crippen LogP) is 2.22. The van der Waals surface area contributed by atoms with Gasteiger partial charge in [-0.25, -0.2) is 0 Å². The molecule has 1 saturated heterocycles. The summed E-state index contributed by atoms with van der Waals surface area (Å²) in [6.07, 6.45) is 0. The van der Waals surface area contributed by atoms with Gasteiger partial charge in [0.1, 0.15) is 11.5 Å². The highest BCUT2D eigenvalue weighted by atomic mass is 16.5. The molecule has 0 unspecified atom stereocenters. The second-order valence-electron chi connectivity index (χ2n) is 6.41. The Morgan fingerprint density at radius 2 is 1.50 bits per heavy atom. The van der Waals surface area contributed by atoms with Crippen LogP contribution >= 0.6 is 0 Å². The van der Waals surface area contributed by atoms with Gasteiger partial charge in [0.05, 0.1) is 12.7 Å². The number of carbonyl (C=O) groups excluding carboxylic acids is 3. The molecule has 0 saturated carbocycles. The van der Waals surface area contributed by atoms with Gasteiger partial charge in [0, 0.05) is 38.7 Å². The molecule has 1 aliphatic heterocycles. The van der Waals surface area contributed by atoms with Crippen molar-refractivity contribution in [1.82, 2.24) is 9.80 Å². The Morgan fingerprint density at radius 1 is 0.857 bits per heavy atom. The highest BCUT2D eigenvalue weighted by Crippen LogP contribution is 2.21. The molecule has 2 aromatic carbocycles. The van der Waals surface area contributed by atoms with Gasteiger partial charge in [0.25, 0.3) is 11.8 Å². The summed E-state index contributed by atoms with van der Waals surface area (Å²) in [4.78, 5) is 40.0. The fourth-order valence-corrected chi connectivity index (χ4v) is 3.15. The molecule has 146 valence electrons. The molecule has 0 aliphatic carbocycles. The number of amides is 2. The fourth-order valence-electron chi connectivity index (χ4n) is 3.15. The number of methoxy groups -OCH3 is 1. The SMILES string of the molecule is COc1ccccc1C(=O)N1CCN(C(=O)c2cccc(OC(C)=O)c2)CC1. The van der Waals surface area contributed by atoms with Crippen molar-refractivity contribution in [2.24, 2.45) is 0 Å². The lowest BCUT2D eigenvalue weighted by molar-refractivity contribution is -0.131. The van der Waals surface area contributed by atoms with Crippen LogP contribution in [-0.4, -0.2) is 60.9 Å². The van der Waals surface area contributed by atoms with E-state index in [1.807, 2.05) is 6.07 Å². The van der Waals surface area contributed by atoms with Crippen molar-refractivity contribution in [3.05, 3.63) is 59.7 Å². The zero-order valence-corrected chi connectivity index (χ0v) is 15.9. The summed E-state index contributed by atoms with van der Waals surface area (Å²) in [5.41, 5.74) is 0.960. The van der Waals surface area contributed by atoms with Gasteiger partial charge in [-0.1, -0.05) is 18.2 Å². The van der Waals surface area contributed by atoms with E-state index in [0.29, 0.717) is 48.8 Å². The van der Waals surface area contributed by atoms with Gasteiger partial charge in [0.2, 0.25) is 0 Å². The topological polar surface area (TPSA) is 76.2 Å². The molecule has 1 heterocycles. The molecular formula is C21H22N2O5. The second kappa shape index (κ2) is 8.56. The maximum atomic E-state index is 12.8. The van der Waals surface area contributed by atoms with Crippen molar-refractivity contribution in [2.45, 2.75) is 6.92 Å². The Hall–Kier alpha value is -3.35. The molecule has 0 radical (unpaired) electrons. The largest absolute Gasteiger partial charge is 0.496 e. The van der Waals surface area contributed by atoms with Crippen LogP contribution in [0.1, 0.15) is 27.6 Å². The van der Waals surface area contributed by atoms with Crippen LogP contribution in [0.4, 0.5) is 0 Å². The Morgan fingerprint density at radius 3 is 2.14 bits per heavy atom. The predicted molar refractivity (Wildman–Crippen MR) is 103 cm³/mol. The summed E-state index contributed by atoms with van der Waals surface area (Å²) in [5, 5.41) is 0. The first-order valence-corrected chi connectivity index (χ1v) is 8.99. The first-order chi connectivity index (χ1) is 13.5. The molecule has 7 heteroatoms. The number of hydrogen-bond donors (Lipinski definition) is 0. The average molecular weight is 382 g/mol. The van der Waals surface area contributed by atoms with E-state index in [0.717, 1.165) is 0 Å². The monoisotopic (exact) mass is 382 g/mol. The van der Waals surface area contributed by atoms with E-state index in [9.17, 15) is 14.4 Å². The van der Waals surface area contributed by atoms with Crippen LogP contribution < -0.4 is 9.47 Å². The number of rotatable bonds is 4. The van der Waals surface area contributed by atoms with Gasteiger partial charge < -0.3 is 19.3 Å². The van der Waals surface area contributed by atoms with E-state index < -0.39 is 5.97 Å². The van der Waals surface area contributed by atoms with Gasteiger partial charge in [-0.3, -0.25) is 14.4 Å².